The van der Waals surface area contributed by atoms with E-state index in [1.807, 2.05) is 25.6 Å². The van der Waals surface area contributed by atoms with Crippen LogP contribution in [0.5, 0.6) is 0 Å². The van der Waals surface area contributed by atoms with Crippen LogP contribution in [-0.2, 0) is 4.79 Å². The van der Waals surface area contributed by atoms with Crippen molar-refractivity contribution < 1.29 is 10.0 Å². The minimum atomic E-state index is -0.878. The Labute approximate surface area is 113 Å². The zero-order valence-corrected chi connectivity index (χ0v) is 11.9. The smallest absolute Gasteiger partial charge is 0.234 e. The van der Waals surface area contributed by atoms with Gasteiger partial charge in [-0.2, -0.15) is 11.8 Å². The van der Waals surface area contributed by atoms with Crippen molar-refractivity contribution in [2.75, 3.05) is 11.5 Å². The van der Waals surface area contributed by atoms with Gasteiger partial charge in [0.15, 0.2) is 5.84 Å². The Bertz CT molecular complexity index is 310. The van der Waals surface area contributed by atoms with Crippen LogP contribution in [0.25, 0.3) is 0 Å². The fourth-order valence-corrected chi connectivity index (χ4v) is 3.40. The van der Waals surface area contributed by atoms with E-state index in [2.05, 4.69) is 10.5 Å². The molecule has 0 aromatic carbocycles. The highest BCUT2D eigenvalue weighted by Crippen LogP contribution is 2.28. The van der Waals surface area contributed by atoms with Crippen LogP contribution in [0.15, 0.2) is 5.16 Å². The maximum absolute atomic E-state index is 12.4. The molecule has 5 nitrogen and oxygen atoms in total. The Hall–Kier alpha value is -0.910. The number of nitrogens with zero attached hydrogens (tertiary/aromatic N) is 1. The Morgan fingerprint density at radius 1 is 1.56 bits per heavy atom. The predicted molar refractivity (Wildman–Crippen MR) is 74.9 cm³/mol. The molecule has 0 radical (unpaired) electrons. The molecule has 1 amide bonds. The van der Waals surface area contributed by atoms with Crippen LogP contribution in [-0.4, -0.2) is 34.5 Å². The fourth-order valence-electron chi connectivity index (χ4n) is 2.32. The van der Waals surface area contributed by atoms with Gasteiger partial charge >= 0.3 is 0 Å². The molecule has 104 valence electrons. The van der Waals surface area contributed by atoms with Crippen LogP contribution < -0.4 is 11.1 Å². The third-order valence-electron chi connectivity index (χ3n) is 3.74. The minimum Gasteiger partial charge on any atom is -0.409 e. The Morgan fingerprint density at radius 2 is 2.22 bits per heavy atom. The number of carbonyl (C=O) groups is 1. The average Bonchev–Trinajstić information content (AvgIpc) is 2.41. The SMILES string of the molecule is CCC(CC)(C(=O)NC1CCCSC1)C(N)=NO. The second kappa shape index (κ2) is 6.87. The largest absolute Gasteiger partial charge is 0.409 e. The maximum atomic E-state index is 12.4. The number of carbonyl (C=O) groups excluding carboxylic acids is 1. The maximum Gasteiger partial charge on any atom is 0.234 e. The summed E-state index contributed by atoms with van der Waals surface area (Å²) >= 11 is 1.86. The van der Waals surface area contributed by atoms with Gasteiger partial charge in [-0.05, 0) is 31.4 Å². The molecule has 18 heavy (non-hydrogen) atoms. The normalized spacial score (nSPS) is 21.7. The van der Waals surface area contributed by atoms with Gasteiger partial charge < -0.3 is 16.3 Å². The standard InChI is InChI=1S/C12H23N3O2S/c1-3-12(4-2,10(13)15-17)11(16)14-9-6-5-7-18-8-9/h9,17H,3-8H2,1-2H3,(H2,13,15)(H,14,16). The van der Waals surface area contributed by atoms with Crippen LogP contribution in [0.3, 0.4) is 0 Å². The van der Waals surface area contributed by atoms with Crippen molar-refractivity contribution in [2.24, 2.45) is 16.3 Å². The summed E-state index contributed by atoms with van der Waals surface area (Å²) in [5.41, 5.74) is 4.84. The second-order valence-corrected chi connectivity index (χ2v) is 5.81. The lowest BCUT2D eigenvalue weighted by Gasteiger charge is -2.32. The zero-order valence-electron chi connectivity index (χ0n) is 11.1. The molecule has 0 aromatic rings. The topological polar surface area (TPSA) is 87.7 Å². The van der Waals surface area contributed by atoms with E-state index in [9.17, 15) is 4.79 Å². The summed E-state index contributed by atoms with van der Waals surface area (Å²) in [4.78, 5) is 12.4. The number of amidine groups is 1. The lowest BCUT2D eigenvalue weighted by atomic mass is 9.80. The van der Waals surface area contributed by atoms with Crippen molar-refractivity contribution in [1.29, 1.82) is 0 Å². The lowest BCUT2D eigenvalue weighted by molar-refractivity contribution is -0.128. The predicted octanol–water partition coefficient (Wildman–Crippen LogP) is 1.55. The van der Waals surface area contributed by atoms with E-state index in [1.54, 1.807) is 0 Å². The number of thioether (sulfide) groups is 1. The first-order valence-electron chi connectivity index (χ1n) is 6.47. The molecule has 4 N–H and O–H groups in total. The highest BCUT2D eigenvalue weighted by atomic mass is 32.2. The molecule has 1 saturated heterocycles. The van der Waals surface area contributed by atoms with E-state index >= 15 is 0 Å². The van der Waals surface area contributed by atoms with Crippen LogP contribution >= 0.6 is 11.8 Å². The number of rotatable bonds is 5. The van der Waals surface area contributed by atoms with Gasteiger partial charge in [-0.25, -0.2) is 0 Å². The van der Waals surface area contributed by atoms with E-state index in [1.165, 1.54) is 5.75 Å². The molecule has 1 atom stereocenters. The van der Waals surface area contributed by atoms with Gasteiger partial charge in [-0.3, -0.25) is 4.79 Å². The fraction of sp³-hybridized carbons (Fsp3) is 0.833. The van der Waals surface area contributed by atoms with Gasteiger partial charge in [-0.1, -0.05) is 19.0 Å². The lowest BCUT2D eigenvalue weighted by Crippen LogP contribution is -2.52. The van der Waals surface area contributed by atoms with Crippen molar-refractivity contribution in [3.8, 4) is 0 Å². The molecule has 0 spiro atoms. The number of hydrogen-bond acceptors (Lipinski definition) is 4. The first kappa shape index (κ1) is 15.1. The van der Waals surface area contributed by atoms with E-state index < -0.39 is 5.41 Å². The number of hydrogen-bond donors (Lipinski definition) is 3. The molecule has 0 aromatic heterocycles. The summed E-state index contributed by atoms with van der Waals surface area (Å²) in [5.74, 6) is 2.01. The summed E-state index contributed by atoms with van der Waals surface area (Å²) in [5, 5.41) is 15.0. The van der Waals surface area contributed by atoms with E-state index in [-0.39, 0.29) is 17.8 Å². The molecule has 0 aliphatic carbocycles. The van der Waals surface area contributed by atoms with Gasteiger partial charge in [0, 0.05) is 11.8 Å². The van der Waals surface area contributed by atoms with Crippen LogP contribution in [0, 0.1) is 5.41 Å². The summed E-state index contributed by atoms with van der Waals surface area (Å²) in [6.07, 6.45) is 3.21. The number of nitrogens with one attached hydrogen (secondary N) is 1. The Morgan fingerprint density at radius 3 is 2.67 bits per heavy atom. The van der Waals surface area contributed by atoms with Crippen molar-refractivity contribution in [2.45, 2.75) is 45.6 Å². The van der Waals surface area contributed by atoms with Gasteiger partial charge in [0.25, 0.3) is 0 Å². The van der Waals surface area contributed by atoms with E-state index in [0.717, 1.165) is 18.6 Å². The molecule has 1 rings (SSSR count). The Kier molecular flexibility index (Phi) is 5.78. The second-order valence-electron chi connectivity index (χ2n) is 4.66. The molecule has 6 heteroatoms. The molecular formula is C12H23N3O2S. The van der Waals surface area contributed by atoms with Gasteiger partial charge in [0.2, 0.25) is 5.91 Å². The summed E-state index contributed by atoms with van der Waals surface area (Å²) in [6, 6.07) is 0.209. The van der Waals surface area contributed by atoms with E-state index in [0.29, 0.717) is 12.8 Å². The van der Waals surface area contributed by atoms with Crippen molar-refractivity contribution in [3.63, 3.8) is 0 Å². The minimum absolute atomic E-state index is 0.00784. The third-order valence-corrected chi connectivity index (χ3v) is 4.95. The number of amides is 1. The summed E-state index contributed by atoms with van der Waals surface area (Å²) < 4.78 is 0. The van der Waals surface area contributed by atoms with Crippen LogP contribution in [0.4, 0.5) is 0 Å². The summed E-state index contributed by atoms with van der Waals surface area (Å²) in [7, 11) is 0. The quantitative estimate of drug-likeness (QED) is 0.307. The van der Waals surface area contributed by atoms with Crippen molar-refractivity contribution in [1.82, 2.24) is 5.32 Å². The molecule has 1 aliphatic heterocycles. The number of nitrogens with two attached hydrogens (primary N) is 1. The first-order chi connectivity index (χ1) is 8.60. The highest BCUT2D eigenvalue weighted by molar-refractivity contribution is 7.99. The first-order valence-corrected chi connectivity index (χ1v) is 7.62. The Balaban J connectivity index is 2.76. The van der Waals surface area contributed by atoms with Gasteiger partial charge in [0.05, 0.1) is 0 Å². The number of oxime groups is 1. The molecule has 1 aliphatic rings. The van der Waals surface area contributed by atoms with E-state index in [4.69, 9.17) is 10.9 Å². The molecule has 1 unspecified atom stereocenters. The van der Waals surface area contributed by atoms with Crippen LogP contribution in [0.1, 0.15) is 39.5 Å². The summed E-state index contributed by atoms with van der Waals surface area (Å²) in [6.45, 7) is 3.77. The van der Waals surface area contributed by atoms with Crippen molar-refractivity contribution in [3.05, 3.63) is 0 Å². The molecular weight excluding hydrogens is 250 g/mol. The average molecular weight is 273 g/mol. The highest BCUT2D eigenvalue weighted by Gasteiger charge is 2.40. The molecule has 0 saturated carbocycles. The van der Waals surface area contributed by atoms with Gasteiger partial charge in [-0.15, -0.1) is 0 Å². The molecule has 1 fully saturated rings. The monoisotopic (exact) mass is 273 g/mol. The van der Waals surface area contributed by atoms with Gasteiger partial charge in [0.1, 0.15) is 5.41 Å². The third kappa shape index (κ3) is 3.10. The molecule has 0 bridgehead atoms. The zero-order chi connectivity index (χ0) is 13.6. The molecule has 1 heterocycles. The van der Waals surface area contributed by atoms with Crippen LogP contribution in [0.2, 0.25) is 0 Å². The van der Waals surface area contributed by atoms with Crippen molar-refractivity contribution >= 4 is 23.5 Å².